The van der Waals surface area contributed by atoms with E-state index in [0.717, 1.165) is 17.3 Å². The Hall–Kier alpha value is -1.45. The van der Waals surface area contributed by atoms with E-state index in [9.17, 15) is 18.0 Å². The number of carbonyl (C=O) groups is 2. The van der Waals surface area contributed by atoms with Gasteiger partial charge in [0.25, 0.3) is 0 Å². The molecule has 0 bridgehead atoms. The molecule has 0 spiro atoms. The van der Waals surface area contributed by atoms with Gasteiger partial charge in [-0.3, -0.25) is 9.59 Å². The van der Waals surface area contributed by atoms with E-state index < -0.39 is 21.8 Å². The molecule has 0 radical (unpaired) electrons. The minimum atomic E-state index is -3.58. The molecule has 7 nitrogen and oxygen atoms in total. The quantitative estimate of drug-likeness (QED) is 0.730. The average Bonchev–Trinajstić information content (AvgIpc) is 3.38. The summed E-state index contributed by atoms with van der Waals surface area (Å²) in [5.41, 5.74) is 0. The number of benzene rings is 1. The van der Waals surface area contributed by atoms with Crippen LogP contribution in [0.5, 0.6) is 0 Å². The van der Waals surface area contributed by atoms with E-state index in [0.29, 0.717) is 0 Å². The first kappa shape index (κ1) is 17.4. The number of piperazine rings is 1. The second kappa shape index (κ2) is 6.81. The Kier molecular flexibility index (Phi) is 4.93. The van der Waals surface area contributed by atoms with Crippen molar-refractivity contribution in [2.75, 3.05) is 26.2 Å². The molecule has 0 unspecified atom stereocenters. The third kappa shape index (κ3) is 3.79. The van der Waals surface area contributed by atoms with Crippen molar-refractivity contribution in [2.24, 2.45) is 0 Å². The summed E-state index contributed by atoms with van der Waals surface area (Å²) in [6.45, 7) is 0.793. The van der Waals surface area contributed by atoms with Crippen LogP contribution in [0.25, 0.3) is 0 Å². The van der Waals surface area contributed by atoms with Crippen molar-refractivity contribution in [1.82, 2.24) is 14.5 Å². The summed E-state index contributed by atoms with van der Waals surface area (Å²) < 4.78 is 27.3. The molecule has 0 atom stereocenters. The molecule has 1 aliphatic heterocycles. The molecule has 2 aliphatic rings. The lowest BCUT2D eigenvalue weighted by molar-refractivity contribution is -0.146. The predicted octanol–water partition coefficient (Wildman–Crippen LogP) is 0.561. The van der Waals surface area contributed by atoms with Gasteiger partial charge in [-0.2, -0.15) is 4.31 Å². The number of nitrogens with one attached hydrogen (secondary N) is 1. The van der Waals surface area contributed by atoms with E-state index in [-0.39, 0.29) is 37.1 Å². The molecule has 1 heterocycles. The number of amides is 2. The van der Waals surface area contributed by atoms with E-state index in [1.807, 2.05) is 0 Å². The fourth-order valence-corrected chi connectivity index (χ4v) is 4.19. The molecule has 2 amide bonds. The molecule has 2 fully saturated rings. The van der Waals surface area contributed by atoms with Crippen LogP contribution in [0.3, 0.4) is 0 Å². The van der Waals surface area contributed by atoms with Gasteiger partial charge in [0.15, 0.2) is 0 Å². The summed E-state index contributed by atoms with van der Waals surface area (Å²) in [6.07, 6.45) is 1.83. The Morgan fingerprint density at radius 3 is 2.17 bits per heavy atom. The van der Waals surface area contributed by atoms with Crippen molar-refractivity contribution in [3.05, 3.63) is 28.7 Å². The largest absolute Gasteiger partial charge is 0.345 e. The molecular weight excluding hydrogens is 398 g/mol. The molecule has 0 aromatic heterocycles. The summed E-state index contributed by atoms with van der Waals surface area (Å²) >= 11 is 3.28. The van der Waals surface area contributed by atoms with Gasteiger partial charge in [-0.05, 0) is 37.1 Å². The van der Waals surface area contributed by atoms with Crippen LogP contribution in [-0.4, -0.2) is 61.7 Å². The van der Waals surface area contributed by atoms with E-state index >= 15 is 0 Å². The van der Waals surface area contributed by atoms with Gasteiger partial charge in [0, 0.05) is 36.7 Å². The van der Waals surface area contributed by atoms with E-state index in [1.165, 1.54) is 9.21 Å². The molecule has 1 saturated carbocycles. The highest BCUT2D eigenvalue weighted by atomic mass is 79.9. The molecule has 130 valence electrons. The molecule has 3 rings (SSSR count). The van der Waals surface area contributed by atoms with Gasteiger partial charge < -0.3 is 10.2 Å². The Morgan fingerprint density at radius 1 is 1.04 bits per heavy atom. The normalized spacial score (nSPS) is 19.1. The molecular formula is C15H18BrN3O4S. The van der Waals surface area contributed by atoms with Crippen LogP contribution in [0.15, 0.2) is 33.6 Å². The van der Waals surface area contributed by atoms with Gasteiger partial charge in [-0.1, -0.05) is 15.9 Å². The minimum Gasteiger partial charge on any atom is -0.345 e. The van der Waals surface area contributed by atoms with Gasteiger partial charge in [-0.15, -0.1) is 0 Å². The SMILES string of the molecule is O=C(NC1CC1)C(=O)N1CCN(S(=O)(=O)c2ccc(Br)cc2)CC1. The number of halogens is 1. The first-order valence-corrected chi connectivity index (χ1v) is 9.97. The van der Waals surface area contributed by atoms with E-state index in [4.69, 9.17) is 0 Å². The van der Waals surface area contributed by atoms with Crippen molar-refractivity contribution in [1.29, 1.82) is 0 Å². The smallest absolute Gasteiger partial charge is 0.311 e. The molecule has 1 aromatic rings. The number of sulfonamides is 1. The second-order valence-corrected chi connectivity index (χ2v) is 8.75. The first-order chi connectivity index (χ1) is 11.4. The van der Waals surface area contributed by atoms with Crippen molar-refractivity contribution in [3.8, 4) is 0 Å². The van der Waals surface area contributed by atoms with Crippen LogP contribution in [0, 0.1) is 0 Å². The van der Waals surface area contributed by atoms with Gasteiger partial charge in [-0.25, -0.2) is 8.42 Å². The number of hydrogen-bond donors (Lipinski definition) is 1. The van der Waals surface area contributed by atoms with Crippen molar-refractivity contribution in [3.63, 3.8) is 0 Å². The lowest BCUT2D eigenvalue weighted by Crippen LogP contribution is -2.53. The fraction of sp³-hybridized carbons (Fsp3) is 0.467. The topological polar surface area (TPSA) is 86.8 Å². The molecule has 9 heteroatoms. The number of carbonyl (C=O) groups excluding carboxylic acids is 2. The van der Waals surface area contributed by atoms with Gasteiger partial charge in [0.1, 0.15) is 0 Å². The Balaban J connectivity index is 1.60. The molecule has 1 aromatic carbocycles. The van der Waals surface area contributed by atoms with Crippen LogP contribution in [0.1, 0.15) is 12.8 Å². The van der Waals surface area contributed by atoms with Crippen molar-refractivity contribution in [2.45, 2.75) is 23.8 Å². The second-order valence-electron chi connectivity index (χ2n) is 5.90. The minimum absolute atomic E-state index is 0.125. The maximum atomic E-state index is 12.6. The highest BCUT2D eigenvalue weighted by Gasteiger charge is 2.33. The molecule has 1 N–H and O–H groups in total. The van der Waals surface area contributed by atoms with Crippen molar-refractivity contribution < 1.29 is 18.0 Å². The number of nitrogens with zero attached hydrogens (tertiary/aromatic N) is 2. The Labute approximate surface area is 149 Å². The predicted molar refractivity (Wildman–Crippen MR) is 90.6 cm³/mol. The van der Waals surface area contributed by atoms with Crippen molar-refractivity contribution >= 4 is 37.8 Å². The first-order valence-electron chi connectivity index (χ1n) is 7.73. The third-order valence-electron chi connectivity index (χ3n) is 4.08. The molecule has 24 heavy (non-hydrogen) atoms. The highest BCUT2D eigenvalue weighted by molar-refractivity contribution is 9.10. The monoisotopic (exact) mass is 415 g/mol. The van der Waals surface area contributed by atoms with Gasteiger partial charge in [0.05, 0.1) is 4.90 Å². The lowest BCUT2D eigenvalue weighted by atomic mass is 10.3. The zero-order valence-corrected chi connectivity index (χ0v) is 15.3. The summed E-state index contributed by atoms with van der Waals surface area (Å²) in [7, 11) is -3.58. The van der Waals surface area contributed by atoms with E-state index in [2.05, 4.69) is 21.2 Å². The summed E-state index contributed by atoms with van der Waals surface area (Å²) in [5, 5.41) is 2.66. The maximum Gasteiger partial charge on any atom is 0.311 e. The lowest BCUT2D eigenvalue weighted by Gasteiger charge is -2.33. The van der Waals surface area contributed by atoms with Gasteiger partial charge in [0.2, 0.25) is 10.0 Å². The molecule has 1 aliphatic carbocycles. The fourth-order valence-electron chi connectivity index (χ4n) is 2.51. The Morgan fingerprint density at radius 2 is 1.62 bits per heavy atom. The Bertz CT molecular complexity index is 738. The van der Waals surface area contributed by atoms with Crippen LogP contribution >= 0.6 is 15.9 Å². The standard InChI is InChI=1S/C15H18BrN3O4S/c16-11-1-5-13(6-2-11)24(22,23)19-9-7-18(8-10-19)15(21)14(20)17-12-3-4-12/h1-2,5-6,12H,3-4,7-10H2,(H,17,20). The summed E-state index contributed by atoms with van der Waals surface area (Å²) in [5.74, 6) is -1.18. The van der Waals surface area contributed by atoms with E-state index in [1.54, 1.807) is 24.3 Å². The van der Waals surface area contributed by atoms with Crippen LogP contribution in [-0.2, 0) is 19.6 Å². The van der Waals surface area contributed by atoms with Crippen LogP contribution in [0.4, 0.5) is 0 Å². The van der Waals surface area contributed by atoms with Crippen LogP contribution < -0.4 is 5.32 Å². The number of rotatable bonds is 3. The van der Waals surface area contributed by atoms with Gasteiger partial charge >= 0.3 is 11.8 Å². The zero-order valence-electron chi connectivity index (χ0n) is 12.9. The third-order valence-corrected chi connectivity index (χ3v) is 6.53. The summed E-state index contributed by atoms with van der Waals surface area (Å²) in [4.78, 5) is 25.5. The average molecular weight is 416 g/mol. The summed E-state index contributed by atoms with van der Waals surface area (Å²) in [6, 6.07) is 6.56. The highest BCUT2D eigenvalue weighted by Crippen LogP contribution is 2.21. The number of hydrogen-bond acceptors (Lipinski definition) is 4. The zero-order chi connectivity index (χ0) is 17.3. The molecule has 1 saturated heterocycles. The maximum absolute atomic E-state index is 12.6. The van der Waals surface area contributed by atoms with Crippen LogP contribution in [0.2, 0.25) is 0 Å².